The molecule has 9 heteroatoms. The Morgan fingerprint density at radius 1 is 1.26 bits per heavy atom. The minimum Gasteiger partial charge on any atom is -0.310 e. The summed E-state index contributed by atoms with van der Waals surface area (Å²) in [7, 11) is -3.61. The summed E-state index contributed by atoms with van der Waals surface area (Å²) < 4.78 is 27.2. The quantitative estimate of drug-likeness (QED) is 0.655. The van der Waals surface area contributed by atoms with Crippen molar-refractivity contribution < 1.29 is 13.3 Å². The fraction of sp³-hybridized carbons (Fsp3) is 0.571. The van der Waals surface area contributed by atoms with E-state index in [1.54, 1.807) is 6.92 Å². The van der Waals surface area contributed by atoms with Gasteiger partial charge >= 0.3 is 0 Å². The average molecular weight is 362 g/mol. The van der Waals surface area contributed by atoms with Gasteiger partial charge in [-0.05, 0) is 37.8 Å². The number of nitro groups is 1. The zero-order chi connectivity index (χ0) is 15.9. The van der Waals surface area contributed by atoms with Gasteiger partial charge in [-0.2, -0.15) is 4.31 Å². The second kappa shape index (κ2) is 6.72. The summed E-state index contributed by atoms with van der Waals surface area (Å²) in [6.07, 6.45) is 2.91. The molecule has 2 fully saturated rings. The van der Waals surface area contributed by atoms with Crippen molar-refractivity contribution in [1.82, 2.24) is 9.62 Å². The van der Waals surface area contributed by atoms with Crippen molar-refractivity contribution in [2.75, 3.05) is 13.1 Å². The molecule has 2 bridgehead atoms. The molecule has 23 heavy (non-hydrogen) atoms. The zero-order valence-corrected chi connectivity index (χ0v) is 14.4. The number of sulfonamides is 1. The van der Waals surface area contributed by atoms with Gasteiger partial charge in [0.25, 0.3) is 5.69 Å². The van der Waals surface area contributed by atoms with Crippen LogP contribution >= 0.6 is 12.4 Å². The number of halogens is 1. The van der Waals surface area contributed by atoms with Crippen molar-refractivity contribution in [2.24, 2.45) is 0 Å². The molecule has 2 aliphatic rings. The molecule has 0 spiro atoms. The third kappa shape index (κ3) is 3.50. The number of benzene rings is 1. The maximum atomic E-state index is 12.8. The maximum Gasteiger partial charge on any atom is 0.269 e. The number of non-ortho nitro benzene ring substituents is 1. The van der Waals surface area contributed by atoms with Crippen molar-refractivity contribution in [3.63, 3.8) is 0 Å². The Morgan fingerprint density at radius 3 is 2.61 bits per heavy atom. The first kappa shape index (κ1) is 18.1. The molecule has 128 valence electrons. The lowest BCUT2D eigenvalue weighted by Gasteiger charge is -2.24. The Labute approximate surface area is 141 Å². The van der Waals surface area contributed by atoms with Crippen LogP contribution in [0, 0.1) is 17.0 Å². The van der Waals surface area contributed by atoms with E-state index in [0.717, 1.165) is 19.3 Å². The normalized spacial score (nSPS) is 24.7. The Kier molecular flexibility index (Phi) is 5.30. The van der Waals surface area contributed by atoms with Crippen LogP contribution in [0.5, 0.6) is 0 Å². The number of hydrogen-bond acceptors (Lipinski definition) is 5. The number of aryl methyl sites for hydroxylation is 1. The van der Waals surface area contributed by atoms with E-state index >= 15 is 0 Å². The van der Waals surface area contributed by atoms with Gasteiger partial charge in [0.15, 0.2) is 0 Å². The van der Waals surface area contributed by atoms with Crippen LogP contribution in [-0.2, 0) is 10.0 Å². The molecule has 0 aliphatic carbocycles. The van der Waals surface area contributed by atoms with Crippen LogP contribution < -0.4 is 5.32 Å². The van der Waals surface area contributed by atoms with Gasteiger partial charge in [0.05, 0.1) is 9.82 Å². The molecule has 0 aromatic heterocycles. The molecule has 1 aromatic rings. The lowest BCUT2D eigenvalue weighted by atomic mass is 10.1. The van der Waals surface area contributed by atoms with E-state index in [2.05, 4.69) is 5.32 Å². The van der Waals surface area contributed by atoms with Crippen molar-refractivity contribution in [2.45, 2.75) is 43.2 Å². The maximum absolute atomic E-state index is 12.8. The van der Waals surface area contributed by atoms with E-state index in [0.29, 0.717) is 24.7 Å². The molecule has 1 N–H and O–H groups in total. The SMILES string of the molecule is Cc1cc([N+](=O)[O-])ccc1S(=O)(=O)N1CCC2CCC(C1)N2.Cl. The van der Waals surface area contributed by atoms with Gasteiger partial charge in [-0.3, -0.25) is 10.1 Å². The van der Waals surface area contributed by atoms with Crippen LogP contribution in [0.1, 0.15) is 24.8 Å². The molecule has 3 rings (SSSR count). The second-order valence-corrected chi connectivity index (χ2v) is 7.90. The van der Waals surface area contributed by atoms with Crippen LogP contribution in [-0.4, -0.2) is 42.8 Å². The lowest BCUT2D eigenvalue weighted by molar-refractivity contribution is -0.385. The highest BCUT2D eigenvalue weighted by atomic mass is 35.5. The molecule has 0 amide bonds. The van der Waals surface area contributed by atoms with Crippen molar-refractivity contribution in [3.8, 4) is 0 Å². The number of nitrogens with one attached hydrogen (secondary N) is 1. The Bertz CT molecular complexity index is 710. The van der Waals surface area contributed by atoms with Crippen molar-refractivity contribution >= 4 is 28.1 Å². The highest BCUT2D eigenvalue weighted by molar-refractivity contribution is 7.89. The third-order valence-electron chi connectivity index (χ3n) is 4.47. The Morgan fingerprint density at radius 2 is 1.96 bits per heavy atom. The summed E-state index contributed by atoms with van der Waals surface area (Å²) in [5, 5.41) is 14.2. The number of hydrogen-bond donors (Lipinski definition) is 1. The van der Waals surface area contributed by atoms with E-state index < -0.39 is 14.9 Å². The van der Waals surface area contributed by atoms with Crippen LogP contribution in [0.2, 0.25) is 0 Å². The highest BCUT2D eigenvalue weighted by Gasteiger charge is 2.35. The van der Waals surface area contributed by atoms with Gasteiger partial charge in [0, 0.05) is 37.3 Å². The van der Waals surface area contributed by atoms with Crippen LogP contribution in [0.25, 0.3) is 0 Å². The fourth-order valence-electron chi connectivity index (χ4n) is 3.30. The first-order valence-electron chi connectivity index (χ1n) is 7.39. The van der Waals surface area contributed by atoms with Crippen molar-refractivity contribution in [3.05, 3.63) is 33.9 Å². The molecule has 2 aliphatic heterocycles. The zero-order valence-electron chi connectivity index (χ0n) is 12.8. The van der Waals surface area contributed by atoms with E-state index in [1.807, 2.05) is 0 Å². The van der Waals surface area contributed by atoms with Crippen molar-refractivity contribution in [1.29, 1.82) is 0 Å². The van der Waals surface area contributed by atoms with Gasteiger partial charge in [-0.25, -0.2) is 8.42 Å². The molecule has 1 aromatic carbocycles. The Hall–Kier alpha value is -1.22. The first-order chi connectivity index (χ1) is 10.4. The molecule has 2 unspecified atom stereocenters. The summed E-state index contributed by atoms with van der Waals surface area (Å²) in [5.74, 6) is 0. The number of fused-ring (bicyclic) bond motifs is 2. The van der Waals surface area contributed by atoms with Crippen LogP contribution in [0.4, 0.5) is 5.69 Å². The highest BCUT2D eigenvalue weighted by Crippen LogP contribution is 2.28. The number of nitrogens with zero attached hydrogens (tertiary/aromatic N) is 2. The minimum atomic E-state index is -3.61. The minimum absolute atomic E-state index is 0. The molecule has 7 nitrogen and oxygen atoms in total. The predicted molar refractivity (Wildman–Crippen MR) is 88.4 cm³/mol. The summed E-state index contributed by atoms with van der Waals surface area (Å²) in [6, 6.07) is 4.53. The summed E-state index contributed by atoms with van der Waals surface area (Å²) >= 11 is 0. The smallest absolute Gasteiger partial charge is 0.269 e. The van der Waals surface area contributed by atoms with Gasteiger partial charge in [-0.15, -0.1) is 12.4 Å². The average Bonchev–Trinajstić information content (AvgIpc) is 2.77. The van der Waals surface area contributed by atoms with Gasteiger partial charge in [0.2, 0.25) is 10.0 Å². The summed E-state index contributed by atoms with van der Waals surface area (Å²) in [6.45, 7) is 2.56. The molecule has 0 saturated carbocycles. The number of nitro benzene ring substituents is 1. The van der Waals surface area contributed by atoms with Gasteiger partial charge in [0.1, 0.15) is 0 Å². The van der Waals surface area contributed by atoms with Gasteiger partial charge < -0.3 is 5.32 Å². The fourth-order valence-corrected chi connectivity index (χ4v) is 5.01. The molecular weight excluding hydrogens is 342 g/mol. The van der Waals surface area contributed by atoms with Crippen LogP contribution in [0.15, 0.2) is 23.1 Å². The molecule has 2 saturated heterocycles. The molecule has 2 heterocycles. The molecular formula is C14H20ClN3O4S. The van der Waals surface area contributed by atoms with Gasteiger partial charge in [-0.1, -0.05) is 0 Å². The molecule has 0 radical (unpaired) electrons. The van der Waals surface area contributed by atoms with E-state index in [9.17, 15) is 18.5 Å². The number of rotatable bonds is 3. The van der Waals surface area contributed by atoms with E-state index in [1.165, 1.54) is 22.5 Å². The second-order valence-electron chi connectivity index (χ2n) is 6.00. The van der Waals surface area contributed by atoms with Crippen LogP contribution in [0.3, 0.4) is 0 Å². The predicted octanol–water partition coefficient (Wildman–Crippen LogP) is 1.84. The largest absolute Gasteiger partial charge is 0.310 e. The standard InChI is InChI=1S/C14H19N3O4S.ClH/c1-10-8-13(17(18)19)4-5-14(10)22(20,21)16-7-6-11-2-3-12(9-16)15-11;/h4-5,8,11-12,15H,2-3,6-7,9H2,1H3;1H. The molecule has 2 atom stereocenters. The van der Waals surface area contributed by atoms with E-state index in [-0.39, 0.29) is 29.0 Å². The first-order valence-corrected chi connectivity index (χ1v) is 8.83. The summed E-state index contributed by atoms with van der Waals surface area (Å²) in [5.41, 5.74) is 0.324. The Balaban J connectivity index is 0.00000192. The third-order valence-corrected chi connectivity index (χ3v) is 6.50. The summed E-state index contributed by atoms with van der Waals surface area (Å²) in [4.78, 5) is 10.4. The lowest BCUT2D eigenvalue weighted by Crippen LogP contribution is -2.39. The van der Waals surface area contributed by atoms with E-state index in [4.69, 9.17) is 0 Å². The topological polar surface area (TPSA) is 92.5 Å². The monoisotopic (exact) mass is 361 g/mol.